The third kappa shape index (κ3) is 5.27. The second-order valence-electron chi connectivity index (χ2n) is 1.47. The van der Waals surface area contributed by atoms with E-state index in [1.807, 2.05) is 6.92 Å². The Balaban J connectivity index is 2.82. The summed E-state index contributed by atoms with van der Waals surface area (Å²) in [5.74, 6) is 0. The van der Waals surface area contributed by atoms with Crippen LogP contribution in [0, 0.1) is 0 Å². The lowest BCUT2D eigenvalue weighted by Crippen LogP contribution is -2.00. The Bertz CT molecular complexity index is 70.1. The van der Waals surface area contributed by atoms with E-state index in [0.717, 1.165) is 12.8 Å². The zero-order valence-corrected chi connectivity index (χ0v) is 4.89. The predicted octanol–water partition coefficient (Wildman–Crippen LogP) is 1.48. The first-order valence-corrected chi connectivity index (χ1v) is 2.63. The Labute approximate surface area is 48.3 Å². The quantitative estimate of drug-likeness (QED) is 0.451. The van der Waals surface area contributed by atoms with Crippen molar-refractivity contribution in [2.45, 2.75) is 19.8 Å². The molecule has 0 unspecified atom stereocenters. The number of rotatable bonds is 3. The fraction of sp³-hybridized carbons (Fsp3) is 0.800. The highest BCUT2D eigenvalue weighted by Gasteiger charge is 1.91. The normalized spacial score (nSPS) is 8.62. The third-order valence-corrected chi connectivity index (χ3v) is 0.723. The molecule has 0 atom stereocenters. The van der Waals surface area contributed by atoms with Crippen LogP contribution >= 0.6 is 0 Å². The third-order valence-electron chi connectivity index (χ3n) is 0.723. The molecule has 0 spiro atoms. The van der Waals surface area contributed by atoms with E-state index in [0.29, 0.717) is 6.61 Å². The van der Waals surface area contributed by atoms with Gasteiger partial charge in [0.25, 0.3) is 0 Å². The molecule has 8 heavy (non-hydrogen) atoms. The van der Waals surface area contributed by atoms with Crippen LogP contribution in [0.4, 0.5) is 4.79 Å². The number of carboxylic acid groups (broad SMARTS) is 1. The largest absolute Gasteiger partial charge is 0.505 e. The molecule has 0 radical (unpaired) electrons. The number of hydrogen-bond acceptors (Lipinski definition) is 2. The van der Waals surface area contributed by atoms with Crippen LogP contribution in [0.3, 0.4) is 0 Å². The summed E-state index contributed by atoms with van der Waals surface area (Å²) >= 11 is 0. The summed E-state index contributed by atoms with van der Waals surface area (Å²) in [7, 11) is 0. The highest BCUT2D eigenvalue weighted by molar-refractivity contribution is 5.56. The minimum Gasteiger partial charge on any atom is -0.450 e. The van der Waals surface area contributed by atoms with Gasteiger partial charge >= 0.3 is 6.16 Å². The minimum absolute atomic E-state index is 0.325. The number of carbonyl (C=O) groups is 1. The summed E-state index contributed by atoms with van der Waals surface area (Å²) in [6, 6.07) is 0. The number of ether oxygens (including phenoxy) is 1. The van der Waals surface area contributed by atoms with Crippen LogP contribution in [-0.4, -0.2) is 17.9 Å². The lowest BCUT2D eigenvalue weighted by Gasteiger charge is -1.94. The second-order valence-corrected chi connectivity index (χ2v) is 1.47. The highest BCUT2D eigenvalue weighted by Crippen LogP contribution is 1.86. The van der Waals surface area contributed by atoms with Crippen LogP contribution in [0.5, 0.6) is 0 Å². The van der Waals surface area contributed by atoms with Crippen molar-refractivity contribution in [3.05, 3.63) is 0 Å². The molecule has 0 aromatic rings. The molecule has 0 fully saturated rings. The van der Waals surface area contributed by atoms with Crippen molar-refractivity contribution in [3.8, 4) is 0 Å². The Kier molecular flexibility index (Phi) is 4.03. The molecule has 0 amide bonds. The van der Waals surface area contributed by atoms with Crippen LogP contribution in [0.2, 0.25) is 0 Å². The molecule has 3 nitrogen and oxygen atoms in total. The summed E-state index contributed by atoms with van der Waals surface area (Å²) < 4.78 is 4.20. The van der Waals surface area contributed by atoms with Crippen LogP contribution in [0.25, 0.3) is 0 Å². The fourth-order valence-electron chi connectivity index (χ4n) is 0.304. The van der Waals surface area contributed by atoms with E-state index in [9.17, 15) is 4.79 Å². The van der Waals surface area contributed by atoms with E-state index in [2.05, 4.69) is 4.74 Å². The van der Waals surface area contributed by atoms with Gasteiger partial charge in [0.15, 0.2) is 0 Å². The molecular weight excluding hydrogens is 108 g/mol. The summed E-state index contributed by atoms with van der Waals surface area (Å²) in [5, 5.41) is 7.92. The average molecular weight is 118 g/mol. The predicted molar refractivity (Wildman–Crippen MR) is 28.9 cm³/mol. The molecule has 48 valence electrons. The molecule has 0 aliphatic heterocycles. The maximum Gasteiger partial charge on any atom is 0.505 e. The van der Waals surface area contributed by atoms with Crippen LogP contribution in [0.15, 0.2) is 0 Å². The molecule has 0 heterocycles. The molecule has 0 aliphatic rings. The van der Waals surface area contributed by atoms with Crippen molar-refractivity contribution >= 4 is 6.16 Å². The van der Waals surface area contributed by atoms with Crippen molar-refractivity contribution in [2.24, 2.45) is 0 Å². The molecule has 0 aliphatic carbocycles. The maximum atomic E-state index is 9.65. The van der Waals surface area contributed by atoms with E-state index < -0.39 is 6.16 Å². The first-order chi connectivity index (χ1) is 3.77. The van der Waals surface area contributed by atoms with Gasteiger partial charge in [0.1, 0.15) is 0 Å². The lowest BCUT2D eigenvalue weighted by atomic mass is 10.4. The van der Waals surface area contributed by atoms with Crippen molar-refractivity contribution in [1.29, 1.82) is 0 Å². The first-order valence-electron chi connectivity index (χ1n) is 2.63. The molecule has 3 heteroatoms. The van der Waals surface area contributed by atoms with Gasteiger partial charge < -0.3 is 9.84 Å². The summed E-state index contributed by atoms with van der Waals surface area (Å²) in [6.07, 6.45) is 0.595. The van der Waals surface area contributed by atoms with Crippen molar-refractivity contribution in [2.75, 3.05) is 6.61 Å². The van der Waals surface area contributed by atoms with Crippen molar-refractivity contribution in [1.82, 2.24) is 0 Å². The van der Waals surface area contributed by atoms with Crippen LogP contribution < -0.4 is 0 Å². The zero-order valence-electron chi connectivity index (χ0n) is 4.89. The van der Waals surface area contributed by atoms with Gasteiger partial charge in [-0.05, 0) is 6.42 Å². The standard InChI is InChI=1S/C5H10O3/c1-2-3-4-8-5(6)7/h2-4H2,1H3,(H,6,7). The fourth-order valence-corrected chi connectivity index (χ4v) is 0.304. The van der Waals surface area contributed by atoms with Crippen molar-refractivity contribution < 1.29 is 14.6 Å². The second kappa shape index (κ2) is 4.43. The molecular formula is C5H10O3. The van der Waals surface area contributed by atoms with Gasteiger partial charge in [-0.25, -0.2) is 4.79 Å². The maximum absolute atomic E-state index is 9.65. The SMILES string of the molecule is CCCCOC(=O)O. The smallest absolute Gasteiger partial charge is 0.450 e. The highest BCUT2D eigenvalue weighted by atomic mass is 16.7. The van der Waals surface area contributed by atoms with E-state index in [1.165, 1.54) is 0 Å². The monoisotopic (exact) mass is 118 g/mol. The van der Waals surface area contributed by atoms with Gasteiger partial charge in [-0.3, -0.25) is 0 Å². The molecule has 1 N–H and O–H groups in total. The summed E-state index contributed by atoms with van der Waals surface area (Å²) in [5.41, 5.74) is 0. The van der Waals surface area contributed by atoms with E-state index in [1.54, 1.807) is 0 Å². The molecule has 0 saturated carbocycles. The molecule has 0 aromatic carbocycles. The van der Waals surface area contributed by atoms with Gasteiger partial charge in [0.2, 0.25) is 0 Å². The lowest BCUT2D eigenvalue weighted by molar-refractivity contribution is 0.0905. The van der Waals surface area contributed by atoms with Gasteiger partial charge in [-0.2, -0.15) is 0 Å². The van der Waals surface area contributed by atoms with Gasteiger partial charge in [0, 0.05) is 0 Å². The molecule has 0 aromatic heterocycles. The number of hydrogen-bond donors (Lipinski definition) is 1. The van der Waals surface area contributed by atoms with Gasteiger partial charge in [-0.15, -0.1) is 0 Å². The first kappa shape index (κ1) is 7.27. The number of unbranched alkanes of at least 4 members (excludes halogenated alkanes) is 1. The Morgan fingerprint density at radius 2 is 2.38 bits per heavy atom. The van der Waals surface area contributed by atoms with E-state index in [4.69, 9.17) is 5.11 Å². The van der Waals surface area contributed by atoms with Gasteiger partial charge in [-0.1, -0.05) is 13.3 Å². The van der Waals surface area contributed by atoms with Crippen molar-refractivity contribution in [3.63, 3.8) is 0 Å². The molecule has 0 bridgehead atoms. The Morgan fingerprint density at radius 3 is 2.75 bits per heavy atom. The molecule has 0 saturated heterocycles. The Morgan fingerprint density at radius 1 is 1.75 bits per heavy atom. The average Bonchev–Trinajstić information content (AvgIpc) is 1.66. The minimum atomic E-state index is -1.18. The van der Waals surface area contributed by atoms with E-state index >= 15 is 0 Å². The van der Waals surface area contributed by atoms with E-state index in [-0.39, 0.29) is 0 Å². The van der Waals surface area contributed by atoms with Crippen LogP contribution in [0.1, 0.15) is 19.8 Å². The summed E-state index contributed by atoms with van der Waals surface area (Å²) in [6.45, 7) is 2.30. The van der Waals surface area contributed by atoms with Gasteiger partial charge in [0.05, 0.1) is 6.61 Å². The van der Waals surface area contributed by atoms with Crippen LogP contribution in [-0.2, 0) is 4.74 Å². The summed E-state index contributed by atoms with van der Waals surface area (Å²) in [4.78, 5) is 9.65. The molecule has 0 rings (SSSR count). The topological polar surface area (TPSA) is 46.5 Å². The zero-order chi connectivity index (χ0) is 6.41. The Hall–Kier alpha value is -0.730.